The Morgan fingerprint density at radius 1 is 1.27 bits per heavy atom. The van der Waals surface area contributed by atoms with E-state index >= 15 is 0 Å². The molecule has 22 heavy (non-hydrogen) atoms. The van der Waals surface area contributed by atoms with Gasteiger partial charge >= 0.3 is 0 Å². The SMILES string of the molecule is CCN(c1ncccn1)c1cnc2nc[nH]c2c1C(N)=NC. The van der Waals surface area contributed by atoms with Crippen LogP contribution in [0, 0.1) is 0 Å². The van der Waals surface area contributed by atoms with E-state index in [2.05, 4.69) is 29.9 Å². The maximum absolute atomic E-state index is 6.10. The van der Waals surface area contributed by atoms with Crippen LogP contribution in [0.15, 0.2) is 36.0 Å². The molecule has 3 aromatic rings. The van der Waals surface area contributed by atoms with Crippen LogP contribution >= 0.6 is 0 Å². The number of rotatable bonds is 4. The molecule has 0 atom stereocenters. The lowest BCUT2D eigenvalue weighted by molar-refractivity contribution is 0.941. The number of hydrogen-bond donors (Lipinski definition) is 2. The Morgan fingerprint density at radius 2 is 2.05 bits per heavy atom. The van der Waals surface area contributed by atoms with Crippen LogP contribution in [0.1, 0.15) is 12.5 Å². The van der Waals surface area contributed by atoms with Gasteiger partial charge in [-0.1, -0.05) is 0 Å². The number of imidazole rings is 1. The first-order valence-corrected chi connectivity index (χ1v) is 6.85. The fourth-order valence-electron chi connectivity index (χ4n) is 2.31. The van der Waals surface area contributed by atoms with E-state index in [0.717, 1.165) is 16.8 Å². The number of fused-ring (bicyclic) bond motifs is 1. The van der Waals surface area contributed by atoms with Crippen molar-refractivity contribution >= 4 is 28.6 Å². The number of nitrogens with zero attached hydrogens (tertiary/aromatic N) is 6. The summed E-state index contributed by atoms with van der Waals surface area (Å²) in [5.74, 6) is 0.983. The van der Waals surface area contributed by atoms with Gasteiger partial charge in [-0.3, -0.25) is 4.99 Å². The largest absolute Gasteiger partial charge is 0.383 e. The third kappa shape index (κ3) is 2.24. The molecule has 0 unspecified atom stereocenters. The summed E-state index contributed by atoms with van der Waals surface area (Å²) in [7, 11) is 1.65. The van der Waals surface area contributed by atoms with Crippen molar-refractivity contribution in [3.05, 3.63) is 36.5 Å². The average molecular weight is 296 g/mol. The monoisotopic (exact) mass is 296 g/mol. The van der Waals surface area contributed by atoms with Crippen LogP contribution < -0.4 is 10.6 Å². The lowest BCUT2D eigenvalue weighted by Crippen LogP contribution is -2.24. The van der Waals surface area contributed by atoms with E-state index in [-0.39, 0.29) is 0 Å². The van der Waals surface area contributed by atoms with Gasteiger partial charge in [0.05, 0.1) is 29.3 Å². The van der Waals surface area contributed by atoms with Gasteiger partial charge in [0.1, 0.15) is 5.84 Å². The zero-order valence-electron chi connectivity index (χ0n) is 12.4. The van der Waals surface area contributed by atoms with Crippen LogP contribution in [0.2, 0.25) is 0 Å². The van der Waals surface area contributed by atoms with E-state index in [1.807, 2.05) is 11.8 Å². The summed E-state index contributed by atoms with van der Waals surface area (Å²) in [6.45, 7) is 2.67. The highest BCUT2D eigenvalue weighted by Gasteiger charge is 2.20. The number of anilines is 2. The van der Waals surface area contributed by atoms with Crippen molar-refractivity contribution in [2.75, 3.05) is 18.5 Å². The van der Waals surface area contributed by atoms with Crippen LogP contribution in [0.4, 0.5) is 11.6 Å². The highest BCUT2D eigenvalue weighted by Crippen LogP contribution is 2.29. The molecule has 3 N–H and O–H groups in total. The molecule has 0 saturated carbocycles. The average Bonchev–Trinajstić information content (AvgIpc) is 3.04. The highest BCUT2D eigenvalue weighted by atomic mass is 15.3. The van der Waals surface area contributed by atoms with Gasteiger partial charge in [-0.2, -0.15) is 0 Å². The second kappa shape index (κ2) is 5.76. The second-order valence-electron chi connectivity index (χ2n) is 4.52. The van der Waals surface area contributed by atoms with Gasteiger partial charge < -0.3 is 15.6 Å². The van der Waals surface area contributed by atoms with Gasteiger partial charge in [0.2, 0.25) is 5.95 Å². The summed E-state index contributed by atoms with van der Waals surface area (Å²) >= 11 is 0. The molecule has 0 saturated heterocycles. The number of amidine groups is 1. The molecule has 0 aromatic carbocycles. The lowest BCUT2D eigenvalue weighted by Gasteiger charge is -2.23. The third-order valence-electron chi connectivity index (χ3n) is 3.33. The maximum Gasteiger partial charge on any atom is 0.229 e. The highest BCUT2D eigenvalue weighted by molar-refractivity contribution is 6.11. The fourth-order valence-corrected chi connectivity index (χ4v) is 2.31. The van der Waals surface area contributed by atoms with Crippen molar-refractivity contribution < 1.29 is 0 Å². The Labute approximate surface area is 127 Å². The standard InChI is InChI=1S/C14H16N8/c1-3-22(14-17-5-4-6-18-14)9-7-19-13-11(20-8-21-13)10(9)12(15)16-2/h4-8H,3H2,1-2H3,(H2,15,16)(H,19,20,21). The summed E-state index contributed by atoms with van der Waals surface area (Å²) < 4.78 is 0. The minimum atomic E-state index is 0.404. The molecule has 0 fully saturated rings. The predicted octanol–water partition coefficient (Wildman–Crippen LogP) is 1.24. The Bertz CT molecular complexity index is 808. The molecule has 3 aromatic heterocycles. The van der Waals surface area contributed by atoms with E-state index in [4.69, 9.17) is 5.73 Å². The van der Waals surface area contributed by atoms with E-state index in [1.165, 1.54) is 0 Å². The Hall–Kier alpha value is -3.03. The van der Waals surface area contributed by atoms with Crippen molar-refractivity contribution in [1.82, 2.24) is 24.9 Å². The molecule has 0 aliphatic heterocycles. The van der Waals surface area contributed by atoms with Crippen molar-refractivity contribution in [3.63, 3.8) is 0 Å². The zero-order chi connectivity index (χ0) is 15.5. The van der Waals surface area contributed by atoms with Crippen LogP contribution in [0.5, 0.6) is 0 Å². The van der Waals surface area contributed by atoms with Gasteiger partial charge in [-0.05, 0) is 13.0 Å². The molecular weight excluding hydrogens is 280 g/mol. The number of aliphatic imine (C=N–C) groups is 1. The molecule has 0 aliphatic carbocycles. The van der Waals surface area contributed by atoms with Gasteiger partial charge in [0.25, 0.3) is 0 Å². The van der Waals surface area contributed by atoms with Crippen molar-refractivity contribution in [2.45, 2.75) is 6.92 Å². The van der Waals surface area contributed by atoms with Crippen LogP contribution in [0.25, 0.3) is 11.2 Å². The molecule has 0 amide bonds. The number of aromatic amines is 1. The number of nitrogens with one attached hydrogen (secondary N) is 1. The lowest BCUT2D eigenvalue weighted by atomic mass is 10.1. The topological polar surface area (TPSA) is 109 Å². The molecule has 3 heterocycles. The van der Waals surface area contributed by atoms with Crippen molar-refractivity contribution in [3.8, 4) is 0 Å². The summed E-state index contributed by atoms with van der Waals surface area (Å²) in [5, 5.41) is 0. The van der Waals surface area contributed by atoms with Gasteiger partial charge in [0.15, 0.2) is 5.65 Å². The number of H-pyrrole nitrogens is 1. The Balaban J connectivity index is 2.25. The van der Waals surface area contributed by atoms with E-state index in [0.29, 0.717) is 24.0 Å². The van der Waals surface area contributed by atoms with E-state index in [1.54, 1.807) is 38.0 Å². The van der Waals surface area contributed by atoms with E-state index < -0.39 is 0 Å². The Morgan fingerprint density at radius 3 is 2.73 bits per heavy atom. The second-order valence-corrected chi connectivity index (χ2v) is 4.52. The minimum Gasteiger partial charge on any atom is -0.383 e. The predicted molar refractivity (Wildman–Crippen MR) is 85.2 cm³/mol. The maximum atomic E-state index is 6.10. The van der Waals surface area contributed by atoms with E-state index in [9.17, 15) is 0 Å². The Kier molecular flexibility index (Phi) is 3.65. The van der Waals surface area contributed by atoms with Crippen LogP contribution in [-0.2, 0) is 0 Å². The fraction of sp³-hybridized carbons (Fsp3) is 0.214. The summed E-state index contributed by atoms with van der Waals surface area (Å²) in [5.41, 5.74) is 8.97. The molecule has 3 rings (SSSR count). The van der Waals surface area contributed by atoms with Gasteiger partial charge in [-0.25, -0.2) is 19.9 Å². The summed E-state index contributed by atoms with van der Waals surface area (Å²) in [4.78, 5) is 26.2. The summed E-state index contributed by atoms with van der Waals surface area (Å²) in [6.07, 6.45) is 6.70. The van der Waals surface area contributed by atoms with Crippen LogP contribution in [-0.4, -0.2) is 44.3 Å². The molecule has 0 spiro atoms. The summed E-state index contributed by atoms with van der Waals surface area (Å²) in [6, 6.07) is 1.77. The quantitative estimate of drug-likeness (QED) is 0.554. The first-order chi connectivity index (χ1) is 10.8. The third-order valence-corrected chi connectivity index (χ3v) is 3.33. The normalized spacial score (nSPS) is 11.8. The number of pyridine rings is 1. The number of nitrogens with two attached hydrogens (primary N) is 1. The van der Waals surface area contributed by atoms with Crippen molar-refractivity contribution in [2.24, 2.45) is 10.7 Å². The van der Waals surface area contributed by atoms with Crippen LogP contribution in [0.3, 0.4) is 0 Å². The first-order valence-electron chi connectivity index (χ1n) is 6.85. The van der Waals surface area contributed by atoms with Gasteiger partial charge in [0, 0.05) is 26.0 Å². The molecule has 8 nitrogen and oxygen atoms in total. The molecular formula is C14H16N8. The molecule has 0 bridgehead atoms. The number of hydrogen-bond acceptors (Lipinski definition) is 6. The molecule has 0 radical (unpaired) electrons. The zero-order valence-corrected chi connectivity index (χ0v) is 12.4. The minimum absolute atomic E-state index is 0.404. The number of aromatic nitrogens is 5. The first kappa shape index (κ1) is 13.9. The van der Waals surface area contributed by atoms with Crippen molar-refractivity contribution in [1.29, 1.82) is 0 Å². The molecule has 8 heteroatoms. The van der Waals surface area contributed by atoms with Gasteiger partial charge in [-0.15, -0.1) is 0 Å². The molecule has 0 aliphatic rings. The molecule has 112 valence electrons. The smallest absolute Gasteiger partial charge is 0.229 e.